The molecule has 1 aromatic rings. The first-order chi connectivity index (χ1) is 8.24. The van der Waals surface area contributed by atoms with Crippen LogP contribution in [0.25, 0.3) is 0 Å². The molecular weight excluding hydrogens is 218 g/mol. The normalized spacial score (nSPS) is 18.2. The second-order valence-electron chi connectivity index (χ2n) is 4.31. The average Bonchev–Trinajstić information content (AvgIpc) is 2.84. The number of likely N-dealkylation sites (tertiary alicyclic amines) is 1. The van der Waals surface area contributed by atoms with Crippen LogP contribution in [0.3, 0.4) is 0 Å². The van der Waals surface area contributed by atoms with Crippen molar-refractivity contribution >= 4 is 5.69 Å². The van der Waals surface area contributed by atoms with Gasteiger partial charge in [-0.2, -0.15) is 0 Å². The summed E-state index contributed by atoms with van der Waals surface area (Å²) in [6.45, 7) is 2.38. The predicted molar refractivity (Wildman–Crippen MR) is 65.7 cm³/mol. The highest BCUT2D eigenvalue weighted by Gasteiger charge is 2.27. The van der Waals surface area contributed by atoms with E-state index in [2.05, 4.69) is 4.90 Å². The first-order valence-corrected chi connectivity index (χ1v) is 5.91. The van der Waals surface area contributed by atoms with E-state index in [9.17, 15) is 10.1 Å². The molecule has 1 fully saturated rings. The first kappa shape index (κ1) is 12.0. The summed E-state index contributed by atoms with van der Waals surface area (Å²) in [5, 5.41) is 11.0. The Labute approximate surface area is 100 Å². The predicted octanol–water partition coefficient (Wildman–Crippen LogP) is 1.69. The Kier molecular flexibility index (Phi) is 3.71. The molecule has 1 aliphatic heterocycles. The summed E-state index contributed by atoms with van der Waals surface area (Å²) in [4.78, 5) is 12.9. The molecule has 92 valence electrons. The number of hydrogen-bond donors (Lipinski definition) is 1. The van der Waals surface area contributed by atoms with Gasteiger partial charge in [-0.1, -0.05) is 18.2 Å². The van der Waals surface area contributed by atoms with Gasteiger partial charge in [0.05, 0.1) is 11.0 Å². The van der Waals surface area contributed by atoms with Crippen LogP contribution in [-0.2, 0) is 0 Å². The van der Waals surface area contributed by atoms with Gasteiger partial charge in [-0.05, 0) is 25.9 Å². The van der Waals surface area contributed by atoms with Crippen LogP contribution in [-0.4, -0.2) is 29.5 Å². The maximum absolute atomic E-state index is 11.0. The van der Waals surface area contributed by atoms with Gasteiger partial charge in [-0.25, -0.2) is 0 Å². The van der Waals surface area contributed by atoms with Crippen LogP contribution >= 0.6 is 0 Å². The topological polar surface area (TPSA) is 72.4 Å². The van der Waals surface area contributed by atoms with Crippen LogP contribution in [0.4, 0.5) is 5.69 Å². The number of nitro groups is 1. The monoisotopic (exact) mass is 235 g/mol. The summed E-state index contributed by atoms with van der Waals surface area (Å²) >= 11 is 0. The Morgan fingerprint density at radius 3 is 2.59 bits per heavy atom. The Bertz CT molecular complexity index is 402. The van der Waals surface area contributed by atoms with Gasteiger partial charge in [0.2, 0.25) is 0 Å². The summed E-state index contributed by atoms with van der Waals surface area (Å²) < 4.78 is 0. The summed E-state index contributed by atoms with van der Waals surface area (Å²) in [7, 11) is 0. The Morgan fingerprint density at radius 1 is 1.35 bits per heavy atom. The highest BCUT2D eigenvalue weighted by atomic mass is 16.6. The maximum Gasteiger partial charge on any atom is 0.274 e. The Morgan fingerprint density at radius 2 is 2.00 bits per heavy atom. The van der Waals surface area contributed by atoms with Gasteiger partial charge in [0.15, 0.2) is 0 Å². The molecule has 1 heterocycles. The second kappa shape index (κ2) is 5.25. The third-order valence-electron chi connectivity index (χ3n) is 3.30. The molecule has 2 rings (SSSR count). The van der Waals surface area contributed by atoms with E-state index in [4.69, 9.17) is 5.73 Å². The molecule has 0 amide bonds. The second-order valence-corrected chi connectivity index (χ2v) is 4.31. The zero-order valence-electron chi connectivity index (χ0n) is 9.71. The molecule has 1 aliphatic rings. The van der Waals surface area contributed by atoms with E-state index in [1.54, 1.807) is 12.1 Å². The lowest BCUT2D eigenvalue weighted by molar-refractivity contribution is -0.386. The lowest BCUT2D eigenvalue weighted by Crippen LogP contribution is -2.31. The van der Waals surface area contributed by atoms with Gasteiger partial charge in [-0.3, -0.25) is 15.0 Å². The Hall–Kier alpha value is -1.46. The highest BCUT2D eigenvalue weighted by molar-refractivity contribution is 5.42. The van der Waals surface area contributed by atoms with Crippen LogP contribution in [0, 0.1) is 10.1 Å². The Balaban J connectivity index is 2.32. The third-order valence-corrected chi connectivity index (χ3v) is 3.30. The number of rotatable bonds is 4. The van der Waals surface area contributed by atoms with Crippen molar-refractivity contribution in [2.75, 3.05) is 19.6 Å². The first-order valence-electron chi connectivity index (χ1n) is 5.91. The van der Waals surface area contributed by atoms with Gasteiger partial charge < -0.3 is 5.73 Å². The standard InChI is InChI=1S/C12H17N3O2/c13-9-12(14-7-3-4-8-14)10-5-1-2-6-11(10)15(16)17/h1-2,5-6,12H,3-4,7-9,13H2. The van der Waals surface area contributed by atoms with Crippen molar-refractivity contribution in [2.45, 2.75) is 18.9 Å². The molecule has 0 spiro atoms. The van der Waals surface area contributed by atoms with E-state index in [1.165, 1.54) is 0 Å². The molecule has 1 aromatic carbocycles. The maximum atomic E-state index is 11.0. The molecule has 2 N–H and O–H groups in total. The summed E-state index contributed by atoms with van der Waals surface area (Å²) in [5.74, 6) is 0. The van der Waals surface area contributed by atoms with E-state index in [0.29, 0.717) is 6.54 Å². The van der Waals surface area contributed by atoms with Crippen LogP contribution in [0.2, 0.25) is 0 Å². The number of benzene rings is 1. The summed E-state index contributed by atoms with van der Waals surface area (Å²) in [6, 6.07) is 6.86. The zero-order valence-corrected chi connectivity index (χ0v) is 9.71. The van der Waals surface area contributed by atoms with E-state index in [0.717, 1.165) is 31.5 Å². The van der Waals surface area contributed by atoms with Crippen molar-refractivity contribution in [3.05, 3.63) is 39.9 Å². The third kappa shape index (κ3) is 2.45. The largest absolute Gasteiger partial charge is 0.329 e. The fraction of sp³-hybridized carbons (Fsp3) is 0.500. The minimum absolute atomic E-state index is 0.0286. The van der Waals surface area contributed by atoms with Crippen LogP contribution < -0.4 is 5.73 Å². The number of nitrogens with zero attached hydrogens (tertiary/aromatic N) is 2. The van der Waals surface area contributed by atoms with Crippen molar-refractivity contribution in [1.29, 1.82) is 0 Å². The molecule has 0 aromatic heterocycles. The minimum Gasteiger partial charge on any atom is -0.329 e. The average molecular weight is 235 g/mol. The lowest BCUT2D eigenvalue weighted by Gasteiger charge is -2.26. The lowest BCUT2D eigenvalue weighted by atomic mass is 10.0. The van der Waals surface area contributed by atoms with Crippen molar-refractivity contribution in [1.82, 2.24) is 4.90 Å². The number of hydrogen-bond acceptors (Lipinski definition) is 4. The minimum atomic E-state index is -0.325. The van der Waals surface area contributed by atoms with Crippen LogP contribution in [0.1, 0.15) is 24.4 Å². The van der Waals surface area contributed by atoms with Gasteiger partial charge >= 0.3 is 0 Å². The fourth-order valence-corrected chi connectivity index (χ4v) is 2.46. The van der Waals surface area contributed by atoms with E-state index < -0.39 is 0 Å². The van der Waals surface area contributed by atoms with Gasteiger partial charge in [0, 0.05) is 18.2 Å². The fourth-order valence-electron chi connectivity index (χ4n) is 2.46. The zero-order chi connectivity index (χ0) is 12.3. The molecule has 0 aliphatic carbocycles. The van der Waals surface area contributed by atoms with Crippen molar-refractivity contribution < 1.29 is 4.92 Å². The van der Waals surface area contributed by atoms with Gasteiger partial charge in [0.1, 0.15) is 0 Å². The van der Waals surface area contributed by atoms with Crippen LogP contribution in [0.5, 0.6) is 0 Å². The number of para-hydroxylation sites is 1. The molecule has 17 heavy (non-hydrogen) atoms. The van der Waals surface area contributed by atoms with E-state index >= 15 is 0 Å². The molecule has 0 saturated carbocycles. The highest BCUT2D eigenvalue weighted by Crippen LogP contribution is 2.30. The number of nitrogens with two attached hydrogens (primary N) is 1. The molecule has 1 saturated heterocycles. The van der Waals surface area contributed by atoms with Crippen molar-refractivity contribution in [2.24, 2.45) is 5.73 Å². The smallest absolute Gasteiger partial charge is 0.274 e. The molecule has 5 nitrogen and oxygen atoms in total. The number of nitro benzene ring substituents is 1. The SMILES string of the molecule is NCC(c1ccccc1[N+](=O)[O-])N1CCCC1. The molecule has 0 radical (unpaired) electrons. The van der Waals surface area contributed by atoms with Gasteiger partial charge in [0.25, 0.3) is 5.69 Å². The molecule has 5 heteroatoms. The van der Waals surface area contributed by atoms with Crippen molar-refractivity contribution in [3.8, 4) is 0 Å². The van der Waals surface area contributed by atoms with Crippen LogP contribution in [0.15, 0.2) is 24.3 Å². The molecule has 1 unspecified atom stereocenters. The molecular formula is C12H17N3O2. The molecule has 0 bridgehead atoms. The summed E-state index contributed by atoms with van der Waals surface area (Å²) in [6.07, 6.45) is 2.30. The quantitative estimate of drug-likeness (QED) is 0.636. The van der Waals surface area contributed by atoms with E-state index in [1.807, 2.05) is 12.1 Å². The summed E-state index contributed by atoms with van der Waals surface area (Å²) in [5.41, 5.74) is 6.70. The van der Waals surface area contributed by atoms with Gasteiger partial charge in [-0.15, -0.1) is 0 Å². The van der Waals surface area contributed by atoms with E-state index in [-0.39, 0.29) is 16.7 Å². The van der Waals surface area contributed by atoms with Crippen molar-refractivity contribution in [3.63, 3.8) is 0 Å². The molecule has 1 atom stereocenters.